The normalized spacial score (nSPS) is 33.6. The van der Waals surface area contributed by atoms with E-state index < -0.39 is 5.60 Å². The molecule has 2 aliphatic rings. The molecule has 2 heteroatoms. The lowest BCUT2D eigenvalue weighted by Crippen LogP contribution is -2.25. The smallest absolute Gasteiger partial charge is 0.0912 e. The van der Waals surface area contributed by atoms with Crippen LogP contribution < -0.4 is 5.73 Å². The Morgan fingerprint density at radius 1 is 1.24 bits per heavy atom. The number of rotatable bonds is 2. The zero-order chi connectivity index (χ0) is 11.9. The fourth-order valence-corrected chi connectivity index (χ4v) is 3.15. The van der Waals surface area contributed by atoms with Gasteiger partial charge in [0, 0.05) is 6.04 Å². The molecule has 92 valence electrons. The molecule has 1 aromatic rings. The molecule has 3 rings (SSSR count). The van der Waals surface area contributed by atoms with E-state index in [1.165, 1.54) is 24.8 Å². The first-order chi connectivity index (χ1) is 8.17. The van der Waals surface area contributed by atoms with Crippen LogP contribution in [-0.4, -0.2) is 11.1 Å². The second-order valence-corrected chi connectivity index (χ2v) is 5.79. The van der Waals surface area contributed by atoms with Crippen molar-refractivity contribution in [2.75, 3.05) is 0 Å². The van der Waals surface area contributed by atoms with E-state index in [4.69, 9.17) is 5.73 Å². The van der Waals surface area contributed by atoms with Gasteiger partial charge in [0.1, 0.15) is 0 Å². The third kappa shape index (κ3) is 2.00. The van der Waals surface area contributed by atoms with E-state index in [0.29, 0.717) is 6.42 Å². The Bertz CT molecular complexity index is 413. The van der Waals surface area contributed by atoms with Gasteiger partial charge in [-0.05, 0) is 49.1 Å². The molecule has 2 atom stereocenters. The summed E-state index contributed by atoms with van der Waals surface area (Å²) in [6, 6.07) is 8.71. The minimum Gasteiger partial charge on any atom is -0.385 e. The highest BCUT2D eigenvalue weighted by Gasteiger charge is 2.37. The molecule has 2 aliphatic carbocycles. The number of benzene rings is 1. The van der Waals surface area contributed by atoms with E-state index in [9.17, 15) is 5.11 Å². The Morgan fingerprint density at radius 3 is 2.65 bits per heavy atom. The molecular formula is C15H21NO. The SMILES string of the molecule is NC1CCC(O)(c2cccc(C3CCC3)c2)C1. The summed E-state index contributed by atoms with van der Waals surface area (Å²) in [5, 5.41) is 10.6. The van der Waals surface area contributed by atoms with Gasteiger partial charge in [0.2, 0.25) is 0 Å². The molecule has 2 saturated carbocycles. The fraction of sp³-hybridized carbons (Fsp3) is 0.600. The van der Waals surface area contributed by atoms with Gasteiger partial charge >= 0.3 is 0 Å². The minimum absolute atomic E-state index is 0.160. The first kappa shape index (κ1) is 11.2. The molecule has 3 N–H and O–H groups in total. The lowest BCUT2D eigenvalue weighted by molar-refractivity contribution is 0.0430. The summed E-state index contributed by atoms with van der Waals surface area (Å²) >= 11 is 0. The average molecular weight is 231 g/mol. The number of aliphatic hydroxyl groups is 1. The summed E-state index contributed by atoms with van der Waals surface area (Å²) in [4.78, 5) is 0. The molecule has 1 aromatic carbocycles. The van der Waals surface area contributed by atoms with E-state index in [-0.39, 0.29) is 6.04 Å². The van der Waals surface area contributed by atoms with Gasteiger partial charge in [-0.15, -0.1) is 0 Å². The zero-order valence-corrected chi connectivity index (χ0v) is 10.2. The van der Waals surface area contributed by atoms with Crippen molar-refractivity contribution in [1.82, 2.24) is 0 Å². The summed E-state index contributed by atoms with van der Waals surface area (Å²) in [7, 11) is 0. The van der Waals surface area contributed by atoms with Crippen LogP contribution >= 0.6 is 0 Å². The molecule has 2 nitrogen and oxygen atoms in total. The molecule has 0 amide bonds. The first-order valence-corrected chi connectivity index (χ1v) is 6.76. The highest BCUT2D eigenvalue weighted by molar-refractivity contribution is 5.32. The van der Waals surface area contributed by atoms with E-state index >= 15 is 0 Å². The predicted molar refractivity (Wildman–Crippen MR) is 68.8 cm³/mol. The van der Waals surface area contributed by atoms with Gasteiger partial charge in [-0.3, -0.25) is 0 Å². The van der Waals surface area contributed by atoms with E-state index in [0.717, 1.165) is 24.3 Å². The summed E-state index contributed by atoms with van der Waals surface area (Å²) in [5.74, 6) is 0.730. The highest BCUT2D eigenvalue weighted by atomic mass is 16.3. The van der Waals surface area contributed by atoms with Gasteiger partial charge in [0.05, 0.1) is 5.60 Å². The molecule has 0 spiro atoms. The van der Waals surface area contributed by atoms with Gasteiger partial charge in [-0.2, -0.15) is 0 Å². The topological polar surface area (TPSA) is 46.2 Å². The zero-order valence-electron chi connectivity index (χ0n) is 10.2. The third-order valence-electron chi connectivity index (χ3n) is 4.53. The van der Waals surface area contributed by atoms with Crippen LogP contribution in [-0.2, 0) is 5.60 Å². The molecular weight excluding hydrogens is 210 g/mol. The minimum atomic E-state index is -0.667. The summed E-state index contributed by atoms with van der Waals surface area (Å²) in [6.07, 6.45) is 6.42. The van der Waals surface area contributed by atoms with Crippen LogP contribution in [0.5, 0.6) is 0 Å². The van der Waals surface area contributed by atoms with Crippen molar-refractivity contribution in [2.24, 2.45) is 5.73 Å². The Hall–Kier alpha value is -0.860. The maximum atomic E-state index is 10.6. The predicted octanol–water partition coefficient (Wildman–Crippen LogP) is 2.65. The van der Waals surface area contributed by atoms with Crippen LogP contribution in [0.3, 0.4) is 0 Å². The molecule has 0 heterocycles. The standard InChI is InChI=1S/C15H21NO/c16-14-7-8-15(17,10-14)13-6-2-5-12(9-13)11-3-1-4-11/h2,5-6,9,11,14,17H,1,3-4,7-8,10,16H2. The van der Waals surface area contributed by atoms with Crippen molar-refractivity contribution in [3.63, 3.8) is 0 Å². The van der Waals surface area contributed by atoms with Gasteiger partial charge < -0.3 is 10.8 Å². The van der Waals surface area contributed by atoms with Crippen molar-refractivity contribution in [2.45, 2.75) is 56.1 Å². The van der Waals surface area contributed by atoms with Crippen molar-refractivity contribution in [1.29, 1.82) is 0 Å². The Labute approximate surface area is 103 Å². The van der Waals surface area contributed by atoms with Crippen LogP contribution in [0.4, 0.5) is 0 Å². The summed E-state index contributed by atoms with van der Waals surface area (Å²) in [6.45, 7) is 0. The lowest BCUT2D eigenvalue weighted by Gasteiger charge is -2.29. The third-order valence-corrected chi connectivity index (χ3v) is 4.53. The molecule has 17 heavy (non-hydrogen) atoms. The number of nitrogens with two attached hydrogens (primary N) is 1. The Balaban J connectivity index is 1.87. The second-order valence-electron chi connectivity index (χ2n) is 5.79. The summed E-state index contributed by atoms with van der Waals surface area (Å²) in [5.41, 5.74) is 7.74. The molecule has 0 aliphatic heterocycles. The molecule has 2 unspecified atom stereocenters. The van der Waals surface area contributed by atoms with Crippen molar-refractivity contribution < 1.29 is 5.11 Å². The highest BCUT2D eigenvalue weighted by Crippen LogP contribution is 2.41. The van der Waals surface area contributed by atoms with Crippen molar-refractivity contribution >= 4 is 0 Å². The van der Waals surface area contributed by atoms with Gasteiger partial charge in [-0.25, -0.2) is 0 Å². The number of hydrogen-bond acceptors (Lipinski definition) is 2. The van der Waals surface area contributed by atoms with Gasteiger partial charge in [0.25, 0.3) is 0 Å². The fourth-order valence-electron chi connectivity index (χ4n) is 3.15. The molecule has 0 bridgehead atoms. The van der Waals surface area contributed by atoms with Crippen LogP contribution in [0.1, 0.15) is 55.6 Å². The quantitative estimate of drug-likeness (QED) is 0.822. The van der Waals surface area contributed by atoms with E-state index in [2.05, 4.69) is 24.3 Å². The average Bonchev–Trinajstić information content (AvgIpc) is 2.58. The molecule has 0 aromatic heterocycles. The van der Waals surface area contributed by atoms with Crippen LogP contribution in [0.15, 0.2) is 24.3 Å². The van der Waals surface area contributed by atoms with Gasteiger partial charge in [0.15, 0.2) is 0 Å². The Morgan fingerprint density at radius 2 is 2.06 bits per heavy atom. The summed E-state index contributed by atoms with van der Waals surface area (Å²) < 4.78 is 0. The monoisotopic (exact) mass is 231 g/mol. The van der Waals surface area contributed by atoms with Crippen LogP contribution in [0, 0.1) is 0 Å². The number of hydrogen-bond donors (Lipinski definition) is 2. The second kappa shape index (κ2) is 4.11. The molecule has 2 fully saturated rings. The van der Waals surface area contributed by atoms with Crippen LogP contribution in [0.2, 0.25) is 0 Å². The van der Waals surface area contributed by atoms with E-state index in [1.807, 2.05) is 0 Å². The molecule has 0 saturated heterocycles. The first-order valence-electron chi connectivity index (χ1n) is 6.76. The molecule has 0 radical (unpaired) electrons. The lowest BCUT2D eigenvalue weighted by atomic mass is 9.78. The van der Waals surface area contributed by atoms with Gasteiger partial charge in [-0.1, -0.05) is 30.7 Å². The van der Waals surface area contributed by atoms with Crippen LogP contribution in [0.25, 0.3) is 0 Å². The van der Waals surface area contributed by atoms with Crippen molar-refractivity contribution in [3.8, 4) is 0 Å². The Kier molecular flexibility index (Phi) is 2.72. The maximum Gasteiger partial charge on any atom is 0.0912 e. The largest absolute Gasteiger partial charge is 0.385 e. The van der Waals surface area contributed by atoms with Crippen molar-refractivity contribution in [3.05, 3.63) is 35.4 Å². The maximum absolute atomic E-state index is 10.6. The van der Waals surface area contributed by atoms with E-state index in [1.54, 1.807) is 0 Å².